The first-order valence-corrected chi connectivity index (χ1v) is 11.7. The Labute approximate surface area is 167 Å². The van der Waals surface area contributed by atoms with Gasteiger partial charge in [-0.3, -0.25) is 0 Å². The van der Waals surface area contributed by atoms with E-state index in [9.17, 15) is 17.9 Å². The topological polar surface area (TPSA) is 54.4 Å². The fourth-order valence-electron chi connectivity index (χ4n) is 4.53. The van der Waals surface area contributed by atoms with Crippen LogP contribution in [0.3, 0.4) is 0 Å². The van der Waals surface area contributed by atoms with Gasteiger partial charge in [0, 0.05) is 11.3 Å². The highest BCUT2D eigenvalue weighted by Crippen LogP contribution is 2.48. The van der Waals surface area contributed by atoms with Gasteiger partial charge < -0.3 is 5.11 Å². The highest BCUT2D eigenvalue weighted by Gasteiger charge is 2.48. The van der Waals surface area contributed by atoms with Crippen LogP contribution in [0.4, 0.5) is 4.39 Å². The van der Waals surface area contributed by atoms with Crippen molar-refractivity contribution in [1.82, 2.24) is 0 Å². The van der Waals surface area contributed by atoms with Crippen molar-refractivity contribution < 1.29 is 17.9 Å². The summed E-state index contributed by atoms with van der Waals surface area (Å²) >= 11 is 0. The molecule has 1 heterocycles. The number of rotatable bonds is 5. The van der Waals surface area contributed by atoms with Crippen LogP contribution in [-0.4, -0.2) is 25.4 Å². The van der Waals surface area contributed by atoms with Gasteiger partial charge in [0.1, 0.15) is 5.82 Å². The molecule has 0 aromatic heterocycles. The smallest absolute Gasteiger partial charge is 0.179 e. The third kappa shape index (κ3) is 3.74. The van der Waals surface area contributed by atoms with Crippen molar-refractivity contribution in [1.29, 1.82) is 0 Å². The third-order valence-electron chi connectivity index (χ3n) is 6.22. The van der Waals surface area contributed by atoms with Gasteiger partial charge in [-0.15, -0.1) is 0 Å². The van der Waals surface area contributed by atoms with Crippen LogP contribution < -0.4 is 0 Å². The van der Waals surface area contributed by atoms with E-state index >= 15 is 0 Å². The molecular weight excluding hydrogens is 375 g/mol. The molecule has 0 spiro atoms. The van der Waals surface area contributed by atoms with Crippen LogP contribution in [0.15, 0.2) is 47.4 Å². The van der Waals surface area contributed by atoms with Gasteiger partial charge in [0.25, 0.3) is 0 Å². The van der Waals surface area contributed by atoms with Crippen LogP contribution >= 0.6 is 0 Å². The molecule has 0 bridgehead atoms. The summed E-state index contributed by atoms with van der Waals surface area (Å²) in [5, 5.41) is 11.6. The second-order valence-corrected chi connectivity index (χ2v) is 10.1. The predicted molar refractivity (Wildman–Crippen MR) is 110 cm³/mol. The van der Waals surface area contributed by atoms with Crippen molar-refractivity contribution in [3.63, 3.8) is 0 Å². The van der Waals surface area contributed by atoms with E-state index in [1.807, 2.05) is 19.9 Å². The van der Waals surface area contributed by atoms with Crippen LogP contribution in [0.1, 0.15) is 62.1 Å². The maximum absolute atomic E-state index is 13.5. The molecule has 0 aliphatic carbocycles. The highest BCUT2D eigenvalue weighted by molar-refractivity contribution is 7.91. The van der Waals surface area contributed by atoms with Crippen molar-refractivity contribution in [3.05, 3.63) is 65.0 Å². The van der Waals surface area contributed by atoms with E-state index in [4.69, 9.17) is 0 Å². The van der Waals surface area contributed by atoms with Crippen molar-refractivity contribution in [3.8, 4) is 0 Å². The van der Waals surface area contributed by atoms with Gasteiger partial charge in [0.05, 0.1) is 16.8 Å². The van der Waals surface area contributed by atoms with Gasteiger partial charge in [-0.25, -0.2) is 12.8 Å². The Morgan fingerprint density at radius 2 is 1.82 bits per heavy atom. The van der Waals surface area contributed by atoms with E-state index in [1.165, 1.54) is 12.1 Å². The molecule has 152 valence electrons. The number of halogens is 1. The standard InChI is InChI=1S/C23H29FO3S/c1-4-6-13-23(5-2)15-28(26,27)20-12-7-16(3)14-19(20)21(22(23)25)17-8-10-18(24)11-9-17/h7-12,14,21-22,25H,4-6,13,15H2,1-3H3/t21-,22-,23-/m1/s1. The second-order valence-electron chi connectivity index (χ2n) is 8.09. The van der Waals surface area contributed by atoms with Gasteiger partial charge in [-0.05, 0) is 49.1 Å². The van der Waals surface area contributed by atoms with Crippen LogP contribution in [0, 0.1) is 18.2 Å². The normalized spacial score (nSPS) is 26.5. The molecule has 0 fully saturated rings. The van der Waals surface area contributed by atoms with Gasteiger partial charge in [0.15, 0.2) is 9.84 Å². The first kappa shape index (κ1) is 21.0. The number of sulfone groups is 1. The number of fused-ring (bicyclic) bond motifs is 1. The summed E-state index contributed by atoms with van der Waals surface area (Å²) in [7, 11) is -3.56. The lowest BCUT2D eigenvalue weighted by Crippen LogP contribution is -2.42. The van der Waals surface area contributed by atoms with E-state index in [1.54, 1.807) is 24.3 Å². The lowest BCUT2D eigenvalue weighted by atomic mass is 9.69. The molecule has 0 saturated heterocycles. The molecule has 28 heavy (non-hydrogen) atoms. The minimum atomic E-state index is -3.56. The van der Waals surface area contributed by atoms with E-state index in [0.717, 1.165) is 24.0 Å². The highest BCUT2D eigenvalue weighted by atomic mass is 32.2. The molecule has 0 radical (unpaired) electrons. The maximum atomic E-state index is 13.5. The zero-order chi connectivity index (χ0) is 20.5. The zero-order valence-electron chi connectivity index (χ0n) is 16.8. The Kier molecular flexibility index (Phi) is 5.97. The van der Waals surface area contributed by atoms with Crippen molar-refractivity contribution in [2.45, 2.75) is 63.4 Å². The fourth-order valence-corrected chi connectivity index (χ4v) is 6.78. The third-order valence-corrected chi connectivity index (χ3v) is 8.21. The molecular formula is C23H29FO3S. The molecule has 1 aliphatic rings. The summed E-state index contributed by atoms with van der Waals surface area (Å²) in [4.78, 5) is 0.290. The average molecular weight is 405 g/mol. The number of hydrogen-bond acceptors (Lipinski definition) is 3. The molecule has 3 rings (SSSR count). The first-order valence-electron chi connectivity index (χ1n) is 10.0. The Balaban J connectivity index is 2.28. The van der Waals surface area contributed by atoms with Crippen molar-refractivity contribution in [2.75, 3.05) is 5.75 Å². The molecule has 2 aromatic rings. The zero-order valence-corrected chi connectivity index (χ0v) is 17.6. The number of aliphatic hydroxyl groups excluding tert-OH is 1. The van der Waals surface area contributed by atoms with Crippen molar-refractivity contribution >= 4 is 9.84 Å². The summed E-state index contributed by atoms with van der Waals surface area (Å²) in [6.45, 7) is 5.93. The minimum Gasteiger partial charge on any atom is -0.392 e. The molecule has 2 aromatic carbocycles. The van der Waals surface area contributed by atoms with Crippen molar-refractivity contribution in [2.24, 2.45) is 5.41 Å². The molecule has 3 nitrogen and oxygen atoms in total. The lowest BCUT2D eigenvalue weighted by molar-refractivity contribution is 0.0174. The van der Waals surface area contributed by atoms with Gasteiger partial charge in [0.2, 0.25) is 0 Å². The molecule has 0 unspecified atom stereocenters. The van der Waals surface area contributed by atoms with E-state index < -0.39 is 27.3 Å². The summed E-state index contributed by atoms with van der Waals surface area (Å²) in [5.74, 6) is -0.924. The van der Waals surface area contributed by atoms with E-state index in [-0.39, 0.29) is 11.6 Å². The van der Waals surface area contributed by atoms with Crippen LogP contribution in [-0.2, 0) is 9.84 Å². The second kappa shape index (κ2) is 7.96. The molecule has 3 atom stereocenters. The first-order chi connectivity index (χ1) is 13.2. The Morgan fingerprint density at radius 1 is 1.14 bits per heavy atom. The number of hydrogen-bond donors (Lipinski definition) is 1. The number of benzene rings is 2. The summed E-state index contributed by atoms with van der Waals surface area (Å²) in [6, 6.07) is 11.4. The SMILES string of the molecule is CCCC[C@]1(CC)CS(=O)(=O)c2ccc(C)cc2[C@@H](c2ccc(F)cc2)[C@H]1O. The largest absolute Gasteiger partial charge is 0.392 e. The Hall–Kier alpha value is -1.72. The quantitative estimate of drug-likeness (QED) is 0.763. The van der Waals surface area contributed by atoms with Crippen LogP contribution in [0.25, 0.3) is 0 Å². The molecule has 1 aliphatic heterocycles. The van der Waals surface area contributed by atoms with Gasteiger partial charge in [-0.2, -0.15) is 0 Å². The summed E-state index contributed by atoms with van der Waals surface area (Å²) in [5.41, 5.74) is 1.56. The molecule has 5 heteroatoms. The summed E-state index contributed by atoms with van der Waals surface area (Å²) < 4.78 is 40.2. The maximum Gasteiger partial charge on any atom is 0.179 e. The molecule has 0 amide bonds. The van der Waals surface area contributed by atoms with E-state index in [2.05, 4.69) is 6.92 Å². The fraction of sp³-hybridized carbons (Fsp3) is 0.478. The average Bonchev–Trinajstić information content (AvgIpc) is 2.72. The predicted octanol–water partition coefficient (Wildman–Crippen LogP) is 5.00. The van der Waals surface area contributed by atoms with Crippen LogP contribution in [0.2, 0.25) is 0 Å². The van der Waals surface area contributed by atoms with Gasteiger partial charge >= 0.3 is 0 Å². The lowest BCUT2D eigenvalue weighted by Gasteiger charge is -2.39. The number of unbranched alkanes of at least 4 members (excludes halogenated alkanes) is 1. The molecule has 0 saturated carbocycles. The number of aryl methyl sites for hydroxylation is 1. The van der Waals surface area contributed by atoms with E-state index in [0.29, 0.717) is 23.3 Å². The van der Waals surface area contributed by atoms with Crippen LogP contribution in [0.5, 0.6) is 0 Å². The number of aliphatic hydroxyl groups is 1. The Bertz CT molecular complexity index is 937. The van der Waals surface area contributed by atoms with Gasteiger partial charge in [-0.1, -0.05) is 56.5 Å². The minimum absolute atomic E-state index is 0.0641. The monoisotopic (exact) mass is 404 g/mol. The Morgan fingerprint density at radius 3 is 2.43 bits per heavy atom. The molecule has 1 N–H and O–H groups in total. The summed E-state index contributed by atoms with van der Waals surface area (Å²) in [6.07, 6.45) is 2.13.